The molecule has 0 spiro atoms. The first-order valence-electron chi connectivity index (χ1n) is 5.63. The summed E-state index contributed by atoms with van der Waals surface area (Å²) in [6.07, 6.45) is 1.09. The van der Waals surface area contributed by atoms with Gasteiger partial charge < -0.3 is 5.32 Å². The van der Waals surface area contributed by atoms with Gasteiger partial charge in [-0.1, -0.05) is 18.2 Å². The van der Waals surface area contributed by atoms with E-state index in [-0.39, 0.29) is 18.5 Å². The molecule has 0 bridgehead atoms. The number of nitrogens with zero attached hydrogens (tertiary/aromatic N) is 1. The third-order valence-electron chi connectivity index (χ3n) is 2.18. The maximum absolute atomic E-state index is 11.7. The van der Waals surface area contributed by atoms with Gasteiger partial charge in [0, 0.05) is 6.04 Å². The topological polar surface area (TPSA) is 66.5 Å². The van der Waals surface area contributed by atoms with Crippen molar-refractivity contribution in [3.8, 4) is 0 Å². The fraction of sp³-hybridized carbons (Fsp3) is 0.417. The molecule has 0 aliphatic heterocycles. The summed E-state index contributed by atoms with van der Waals surface area (Å²) in [6, 6.07) is 8.54. The maximum Gasteiger partial charge on any atom is 0.240 e. The number of carbonyl (C=O) groups is 1. The van der Waals surface area contributed by atoms with Crippen molar-refractivity contribution in [2.24, 2.45) is 0 Å². The molecule has 1 amide bonds. The third kappa shape index (κ3) is 4.37. The maximum atomic E-state index is 11.7. The molecule has 1 aromatic carbocycles. The first kappa shape index (κ1) is 14.5. The van der Waals surface area contributed by atoms with Crippen LogP contribution in [0.1, 0.15) is 13.8 Å². The average Bonchev–Trinajstić information content (AvgIpc) is 2.24. The van der Waals surface area contributed by atoms with E-state index < -0.39 is 10.0 Å². The van der Waals surface area contributed by atoms with Gasteiger partial charge in [0.1, 0.15) is 6.54 Å². The second-order valence-electron chi connectivity index (χ2n) is 4.33. The Morgan fingerprint density at radius 3 is 2.28 bits per heavy atom. The lowest BCUT2D eigenvalue weighted by Gasteiger charge is -2.22. The van der Waals surface area contributed by atoms with E-state index in [9.17, 15) is 13.2 Å². The van der Waals surface area contributed by atoms with Crippen molar-refractivity contribution in [2.75, 3.05) is 17.1 Å². The van der Waals surface area contributed by atoms with Gasteiger partial charge in [0.15, 0.2) is 0 Å². The summed E-state index contributed by atoms with van der Waals surface area (Å²) in [6.45, 7) is 3.44. The molecule has 0 heterocycles. The van der Waals surface area contributed by atoms with Gasteiger partial charge in [-0.3, -0.25) is 9.10 Å². The highest BCUT2D eigenvalue weighted by Gasteiger charge is 2.20. The molecule has 0 saturated carbocycles. The van der Waals surface area contributed by atoms with Gasteiger partial charge in [-0.15, -0.1) is 0 Å². The smallest absolute Gasteiger partial charge is 0.240 e. The Kier molecular flexibility index (Phi) is 4.72. The van der Waals surface area contributed by atoms with E-state index in [0.717, 1.165) is 10.6 Å². The molecule has 5 nitrogen and oxygen atoms in total. The zero-order chi connectivity index (χ0) is 13.8. The number of carbonyl (C=O) groups excluding carboxylic acids is 1. The summed E-state index contributed by atoms with van der Waals surface area (Å²) < 4.78 is 24.5. The lowest BCUT2D eigenvalue weighted by Crippen LogP contribution is -2.42. The van der Waals surface area contributed by atoms with Crippen molar-refractivity contribution in [1.82, 2.24) is 5.32 Å². The summed E-state index contributed by atoms with van der Waals surface area (Å²) in [7, 11) is -3.48. The van der Waals surface area contributed by atoms with Gasteiger partial charge in [-0.2, -0.15) is 0 Å². The Labute approximate surface area is 108 Å². The van der Waals surface area contributed by atoms with Crippen LogP contribution in [0.4, 0.5) is 5.69 Å². The van der Waals surface area contributed by atoms with E-state index in [4.69, 9.17) is 0 Å². The molecule has 0 aliphatic carbocycles. The lowest BCUT2D eigenvalue weighted by atomic mass is 10.3. The Balaban J connectivity index is 2.92. The lowest BCUT2D eigenvalue weighted by molar-refractivity contribution is -0.120. The summed E-state index contributed by atoms with van der Waals surface area (Å²) in [4.78, 5) is 11.7. The Morgan fingerprint density at radius 1 is 1.28 bits per heavy atom. The molecule has 18 heavy (non-hydrogen) atoms. The molecule has 0 atom stereocenters. The zero-order valence-electron chi connectivity index (χ0n) is 10.8. The fourth-order valence-corrected chi connectivity index (χ4v) is 2.35. The van der Waals surface area contributed by atoms with E-state index in [1.54, 1.807) is 30.3 Å². The van der Waals surface area contributed by atoms with E-state index in [1.807, 2.05) is 13.8 Å². The van der Waals surface area contributed by atoms with Gasteiger partial charge in [0.05, 0.1) is 11.9 Å². The Bertz CT molecular complexity index is 497. The second kappa shape index (κ2) is 5.86. The minimum atomic E-state index is -3.48. The predicted octanol–water partition coefficient (Wildman–Crippen LogP) is 0.977. The van der Waals surface area contributed by atoms with Crippen molar-refractivity contribution in [1.29, 1.82) is 0 Å². The van der Waals surface area contributed by atoms with Crippen LogP contribution < -0.4 is 9.62 Å². The molecular weight excluding hydrogens is 252 g/mol. The first-order chi connectivity index (χ1) is 8.30. The van der Waals surface area contributed by atoms with E-state index in [1.165, 1.54) is 0 Å². The Morgan fingerprint density at radius 2 is 1.83 bits per heavy atom. The van der Waals surface area contributed by atoms with Crippen molar-refractivity contribution < 1.29 is 13.2 Å². The number of benzene rings is 1. The second-order valence-corrected chi connectivity index (χ2v) is 6.23. The molecule has 100 valence electrons. The van der Waals surface area contributed by atoms with Crippen LogP contribution in [0.2, 0.25) is 0 Å². The standard InChI is InChI=1S/C12H18N2O3S/c1-10(2)13-12(15)9-14(18(3,16)17)11-7-5-4-6-8-11/h4-8,10H,9H2,1-3H3,(H,13,15). The summed E-state index contributed by atoms with van der Waals surface area (Å²) >= 11 is 0. The SMILES string of the molecule is CC(C)NC(=O)CN(c1ccccc1)S(C)(=O)=O. The van der Waals surface area contributed by atoms with Gasteiger partial charge in [0.25, 0.3) is 0 Å². The number of para-hydroxylation sites is 1. The molecule has 0 radical (unpaired) electrons. The number of amides is 1. The van der Waals surface area contributed by atoms with Crippen molar-refractivity contribution in [3.63, 3.8) is 0 Å². The molecule has 6 heteroatoms. The normalized spacial score (nSPS) is 11.3. The van der Waals surface area contributed by atoms with Crippen LogP contribution in [-0.4, -0.2) is 33.2 Å². The predicted molar refractivity (Wildman–Crippen MR) is 71.9 cm³/mol. The summed E-state index contributed by atoms with van der Waals surface area (Å²) in [5.41, 5.74) is 0.485. The number of sulfonamides is 1. The number of anilines is 1. The molecule has 1 rings (SSSR count). The fourth-order valence-electron chi connectivity index (χ4n) is 1.49. The molecule has 1 N–H and O–H groups in total. The molecule has 0 fully saturated rings. The van der Waals surface area contributed by atoms with Crippen LogP contribution in [0.15, 0.2) is 30.3 Å². The molecular formula is C12H18N2O3S. The number of hydrogen-bond donors (Lipinski definition) is 1. The van der Waals surface area contributed by atoms with Crippen LogP contribution in [0.5, 0.6) is 0 Å². The van der Waals surface area contributed by atoms with E-state index in [2.05, 4.69) is 5.32 Å². The first-order valence-corrected chi connectivity index (χ1v) is 7.47. The number of nitrogens with one attached hydrogen (secondary N) is 1. The van der Waals surface area contributed by atoms with Gasteiger partial charge in [0.2, 0.25) is 15.9 Å². The highest BCUT2D eigenvalue weighted by Crippen LogP contribution is 2.16. The molecule has 0 aromatic heterocycles. The van der Waals surface area contributed by atoms with E-state index in [0.29, 0.717) is 5.69 Å². The molecule has 0 unspecified atom stereocenters. The van der Waals surface area contributed by atoms with E-state index >= 15 is 0 Å². The minimum Gasteiger partial charge on any atom is -0.352 e. The average molecular weight is 270 g/mol. The van der Waals surface area contributed by atoms with Crippen LogP contribution in [0.3, 0.4) is 0 Å². The third-order valence-corrected chi connectivity index (χ3v) is 3.32. The minimum absolute atomic E-state index is 0.0188. The highest BCUT2D eigenvalue weighted by atomic mass is 32.2. The van der Waals surface area contributed by atoms with Crippen molar-refractivity contribution in [2.45, 2.75) is 19.9 Å². The van der Waals surface area contributed by atoms with Gasteiger partial charge in [-0.25, -0.2) is 8.42 Å². The molecule has 0 saturated heterocycles. The quantitative estimate of drug-likeness (QED) is 0.867. The van der Waals surface area contributed by atoms with Gasteiger partial charge in [-0.05, 0) is 26.0 Å². The highest BCUT2D eigenvalue weighted by molar-refractivity contribution is 7.92. The Hall–Kier alpha value is -1.56. The summed E-state index contributed by atoms with van der Waals surface area (Å²) in [5, 5.41) is 2.67. The monoisotopic (exact) mass is 270 g/mol. The largest absolute Gasteiger partial charge is 0.352 e. The van der Waals surface area contributed by atoms with Gasteiger partial charge >= 0.3 is 0 Å². The van der Waals surface area contributed by atoms with Crippen molar-refractivity contribution in [3.05, 3.63) is 30.3 Å². The summed E-state index contributed by atoms with van der Waals surface area (Å²) in [5.74, 6) is -0.320. The van der Waals surface area contributed by atoms with Crippen LogP contribution in [0, 0.1) is 0 Å². The van der Waals surface area contributed by atoms with Crippen LogP contribution >= 0.6 is 0 Å². The number of hydrogen-bond acceptors (Lipinski definition) is 3. The van der Waals surface area contributed by atoms with Crippen LogP contribution in [-0.2, 0) is 14.8 Å². The van der Waals surface area contributed by atoms with Crippen molar-refractivity contribution >= 4 is 21.6 Å². The number of rotatable bonds is 5. The molecule has 1 aromatic rings. The van der Waals surface area contributed by atoms with Crippen LogP contribution in [0.25, 0.3) is 0 Å². The molecule has 0 aliphatic rings. The zero-order valence-corrected chi connectivity index (χ0v) is 11.6.